The van der Waals surface area contributed by atoms with Crippen LogP contribution in [0.2, 0.25) is 0 Å². The van der Waals surface area contributed by atoms with Gasteiger partial charge in [-0.15, -0.1) is 0 Å². The molecule has 23 heteroatoms. The summed E-state index contributed by atoms with van der Waals surface area (Å²) < 4.78 is 0. The van der Waals surface area contributed by atoms with Gasteiger partial charge in [0.25, 0.3) is 5.91 Å². The number of carbonyl (C=O) groups excluding carboxylic acids is 10. The van der Waals surface area contributed by atoms with Crippen LogP contribution in [0.4, 0.5) is 0 Å². The first-order valence-corrected chi connectivity index (χ1v) is 30.6. The van der Waals surface area contributed by atoms with Crippen molar-refractivity contribution in [1.29, 1.82) is 0 Å². The maximum atomic E-state index is 15.1. The Labute approximate surface area is 501 Å². The van der Waals surface area contributed by atoms with Crippen molar-refractivity contribution in [3.05, 3.63) is 71.8 Å². The average Bonchev–Trinajstić information content (AvgIpc) is 4.42. The first-order chi connectivity index (χ1) is 40.3. The van der Waals surface area contributed by atoms with Crippen molar-refractivity contribution >= 4 is 58.8 Å². The molecule has 2 aromatic carbocycles. The highest BCUT2D eigenvalue weighted by Crippen LogP contribution is 2.30. The van der Waals surface area contributed by atoms with Crippen LogP contribution in [-0.4, -0.2) is 158 Å². The van der Waals surface area contributed by atoms with Crippen LogP contribution in [0.5, 0.6) is 0 Å². The van der Waals surface area contributed by atoms with Crippen molar-refractivity contribution in [2.45, 2.75) is 194 Å². The van der Waals surface area contributed by atoms with Gasteiger partial charge in [0.1, 0.15) is 42.3 Å². The Morgan fingerprint density at radius 3 is 1.47 bits per heavy atom. The van der Waals surface area contributed by atoms with Gasteiger partial charge >= 0.3 is 0 Å². The third-order valence-electron chi connectivity index (χ3n) is 16.7. The van der Waals surface area contributed by atoms with Gasteiger partial charge in [0.15, 0.2) is 11.6 Å². The molecule has 10 atom stereocenters. The molecule has 3 heterocycles. The van der Waals surface area contributed by atoms with Crippen LogP contribution < -0.4 is 44.9 Å². The normalized spacial score (nSPS) is 26.6. The molecule has 23 nitrogen and oxygen atoms in total. The number of ketones is 2. The minimum atomic E-state index is -1.38. The van der Waals surface area contributed by atoms with E-state index in [1.54, 1.807) is 88.4 Å². The third-order valence-corrected chi connectivity index (χ3v) is 16.7. The van der Waals surface area contributed by atoms with E-state index < -0.39 is 137 Å². The molecule has 8 amide bonds. The zero-order chi connectivity index (χ0) is 62.8. The average molecular weight is 1180 g/mol. The Morgan fingerprint density at radius 1 is 0.482 bits per heavy atom. The van der Waals surface area contributed by atoms with Crippen LogP contribution in [0.3, 0.4) is 0 Å². The molecule has 3 aliphatic rings. The van der Waals surface area contributed by atoms with Crippen LogP contribution in [0.25, 0.3) is 0 Å². The number of amides is 8. The highest BCUT2D eigenvalue weighted by Gasteiger charge is 2.46. The molecule has 0 saturated carbocycles. The summed E-state index contributed by atoms with van der Waals surface area (Å²) in [6.45, 7) is 14.9. The summed E-state index contributed by atoms with van der Waals surface area (Å²) in [4.78, 5) is 151. The molecule has 85 heavy (non-hydrogen) atoms. The van der Waals surface area contributed by atoms with Gasteiger partial charge in [0, 0.05) is 50.6 Å². The zero-order valence-corrected chi connectivity index (χ0v) is 51.3. The lowest BCUT2D eigenvalue weighted by Crippen LogP contribution is -2.63. The summed E-state index contributed by atoms with van der Waals surface area (Å²) in [5.41, 5.74) is 13.2. The predicted molar refractivity (Wildman–Crippen MR) is 321 cm³/mol. The third kappa shape index (κ3) is 18.7. The van der Waals surface area contributed by atoms with E-state index in [0.29, 0.717) is 24.0 Å². The fourth-order valence-electron chi connectivity index (χ4n) is 11.9. The van der Waals surface area contributed by atoms with Crippen LogP contribution in [0.1, 0.15) is 144 Å². The summed E-state index contributed by atoms with van der Waals surface area (Å²) in [6.07, 6.45) is 1.15. The summed E-state index contributed by atoms with van der Waals surface area (Å²) in [5, 5.41) is 11.0. The smallest absolute Gasteiger partial charge is 0.259 e. The van der Waals surface area contributed by atoms with E-state index in [1.165, 1.54) is 9.80 Å². The van der Waals surface area contributed by atoms with Crippen molar-refractivity contribution in [3.63, 3.8) is 0 Å². The lowest BCUT2D eigenvalue weighted by Gasteiger charge is -2.36. The fraction of sp³-hybridized carbons (Fsp3) is 0.645. The highest BCUT2D eigenvalue weighted by atomic mass is 16.2. The van der Waals surface area contributed by atoms with Crippen LogP contribution in [0.15, 0.2) is 60.7 Å². The number of rotatable bonds is 16. The minimum absolute atomic E-state index is 0.0245. The lowest BCUT2D eigenvalue weighted by molar-refractivity contribution is -0.152. The second-order valence-electron chi connectivity index (χ2n) is 24.9. The summed E-state index contributed by atoms with van der Waals surface area (Å²) in [7, 11) is 0. The van der Waals surface area contributed by atoms with Crippen LogP contribution >= 0.6 is 0 Å². The van der Waals surface area contributed by atoms with Gasteiger partial charge in [-0.25, -0.2) is 17.5 Å². The second-order valence-corrected chi connectivity index (χ2v) is 24.9. The molecule has 3 fully saturated rings. The zero-order valence-electron chi connectivity index (χ0n) is 51.3. The molecule has 2 aromatic rings. The number of hydrazine groups is 3. The first kappa shape index (κ1) is 69.1. The second kappa shape index (κ2) is 32.7. The standard InChI is InChI=1S/C62H97N13O10/c1-37(2)31-43-35-52(76)48(24-16-28-64)73(65)59(82)44(39(5)6)36-53(77)47-25-17-29-71(47)61(84)51(34-42-21-13-10-14-22-42)75(67)60(83)46(32-38(3)4)69-55(78)45(23-15-27-63)68-57(80)54(40(7)8)70-56(79)49-26-18-30-72(49)62(85)50(74(66)58(43)81)33-41-19-11-9-12-20-41/h9-14,19-22,37-40,43-51,54H,15-18,23-36,63-67H2,1-8H3,(H,68,80)(H,69,78)(H,70,79)/t43-,44+,45+,46+,47+,48+,49+,50-,51-,54+/m1/s1. The number of carbonyl (C=O) groups is 10. The monoisotopic (exact) mass is 1180 g/mol. The molecule has 470 valence electrons. The van der Waals surface area contributed by atoms with Gasteiger partial charge in [-0.2, -0.15) is 0 Å². The molecule has 0 bridgehead atoms. The fourth-order valence-corrected chi connectivity index (χ4v) is 11.9. The first-order valence-electron chi connectivity index (χ1n) is 30.6. The van der Waals surface area contributed by atoms with Gasteiger partial charge in [-0.05, 0) is 112 Å². The Morgan fingerprint density at radius 2 is 0.965 bits per heavy atom. The van der Waals surface area contributed by atoms with E-state index in [2.05, 4.69) is 16.0 Å². The number of hydrogen-bond donors (Lipinski definition) is 8. The lowest BCUT2D eigenvalue weighted by atomic mass is 9.85. The Hall–Kier alpha value is -6.66. The quantitative estimate of drug-likeness (QED) is 0.0882. The molecule has 0 radical (unpaired) electrons. The molecular weight excluding hydrogens is 1090 g/mol. The topological polar surface area (TPSA) is 353 Å². The van der Waals surface area contributed by atoms with Crippen molar-refractivity contribution in [2.24, 2.45) is 64.5 Å². The number of benzene rings is 2. The summed E-state index contributed by atoms with van der Waals surface area (Å²) >= 11 is 0. The van der Waals surface area contributed by atoms with Crippen molar-refractivity contribution < 1.29 is 47.9 Å². The van der Waals surface area contributed by atoms with E-state index in [4.69, 9.17) is 29.0 Å². The number of fused-ring (bicyclic) bond motifs is 2. The molecule has 3 saturated heterocycles. The van der Waals surface area contributed by atoms with Gasteiger partial charge in [-0.1, -0.05) is 116 Å². The number of Topliss-reactive ketones (excluding diaryl/α,β-unsaturated/α-hetero) is 2. The maximum absolute atomic E-state index is 15.1. The number of nitrogens with one attached hydrogen (secondary N) is 3. The number of nitrogens with two attached hydrogens (primary N) is 5. The van der Waals surface area contributed by atoms with E-state index in [9.17, 15) is 33.6 Å². The minimum Gasteiger partial charge on any atom is -0.343 e. The van der Waals surface area contributed by atoms with Crippen LogP contribution in [0, 0.1) is 35.5 Å². The summed E-state index contributed by atoms with van der Waals surface area (Å²) in [5.74, 6) is 10.2. The summed E-state index contributed by atoms with van der Waals surface area (Å²) in [6, 6.07) is 7.79. The van der Waals surface area contributed by atoms with Crippen molar-refractivity contribution in [3.8, 4) is 0 Å². The Kier molecular flexibility index (Phi) is 26.6. The molecule has 0 unspecified atom stereocenters. The molecular formula is C62H97N13O10. The van der Waals surface area contributed by atoms with Crippen molar-refractivity contribution in [2.75, 3.05) is 26.2 Å². The Bertz CT molecular complexity index is 2610. The number of nitrogens with zero attached hydrogens (tertiary/aromatic N) is 5. The molecule has 5 rings (SSSR count). The van der Waals surface area contributed by atoms with Gasteiger partial charge in [-0.3, -0.25) is 63.0 Å². The number of hydrogen-bond acceptors (Lipinski definition) is 15. The van der Waals surface area contributed by atoms with E-state index in [-0.39, 0.29) is 109 Å². The van der Waals surface area contributed by atoms with Gasteiger partial charge in [0.05, 0.1) is 6.04 Å². The molecule has 0 aromatic heterocycles. The van der Waals surface area contributed by atoms with E-state index in [1.807, 2.05) is 27.7 Å². The predicted octanol–water partition coefficient (Wildman–Crippen LogP) is 2.17. The van der Waals surface area contributed by atoms with E-state index >= 15 is 14.4 Å². The largest absolute Gasteiger partial charge is 0.343 e. The molecule has 13 N–H and O–H groups in total. The van der Waals surface area contributed by atoms with Gasteiger partial charge < -0.3 is 37.2 Å². The molecule has 0 spiro atoms. The van der Waals surface area contributed by atoms with E-state index in [0.717, 1.165) is 15.0 Å². The SMILES string of the molecule is CC(C)C[C@@H]1CC(=O)[C@H](CCCN)N(N)C(=O)[C@H](C(C)C)CC(=O)[C@@H]2CCCN2C(=O)[C@@H](Cc2ccccc2)N(N)C(=O)[C@H](CC(C)C)NC(=O)[C@H](CCCN)NC(=O)[C@H](C(C)C)NC(=O)[C@@H]2CCCN2C(=O)[C@@H](Cc2ccccc2)N(N)C1=O. The van der Waals surface area contributed by atoms with Crippen molar-refractivity contribution in [1.82, 2.24) is 40.8 Å². The maximum Gasteiger partial charge on any atom is 0.259 e. The Balaban J connectivity index is 1.64. The van der Waals surface area contributed by atoms with Crippen LogP contribution in [-0.2, 0) is 60.8 Å². The highest BCUT2D eigenvalue weighted by molar-refractivity contribution is 6.00. The molecule has 0 aliphatic carbocycles. The molecule has 3 aliphatic heterocycles. The van der Waals surface area contributed by atoms with Gasteiger partial charge in [0.2, 0.25) is 41.4 Å².